The number of hydrogen-bond donors (Lipinski definition) is 2. The molecule has 1 aromatic carbocycles. The number of benzene rings is 1. The highest BCUT2D eigenvalue weighted by molar-refractivity contribution is 5.71. The molecule has 5 nitrogen and oxygen atoms in total. The first-order chi connectivity index (χ1) is 8.56. The molecule has 1 aromatic rings. The Morgan fingerprint density at radius 3 is 2.50 bits per heavy atom. The smallest absolute Gasteiger partial charge is 0.308 e. The largest absolute Gasteiger partial charge is 0.481 e. The molecule has 1 rings (SSSR count). The van der Waals surface area contributed by atoms with Crippen molar-refractivity contribution in [3.8, 4) is 0 Å². The second kappa shape index (κ2) is 6.76. The topological polar surface area (TPSA) is 77.8 Å². The van der Waals surface area contributed by atoms with Gasteiger partial charge in [0.2, 0.25) is 6.41 Å². The predicted octanol–water partition coefficient (Wildman–Crippen LogP) is 1.56. The quantitative estimate of drug-likeness (QED) is 0.438. The Morgan fingerprint density at radius 2 is 2.00 bits per heavy atom. The van der Waals surface area contributed by atoms with Crippen LogP contribution in [0.3, 0.4) is 0 Å². The number of hydrogen-bond acceptors (Lipinski definition) is 3. The summed E-state index contributed by atoms with van der Waals surface area (Å²) < 4.78 is 0. The van der Waals surface area contributed by atoms with Crippen molar-refractivity contribution < 1.29 is 19.9 Å². The van der Waals surface area contributed by atoms with Crippen molar-refractivity contribution in [3.05, 3.63) is 35.9 Å². The third-order valence-corrected chi connectivity index (χ3v) is 3.01. The SMILES string of the molecule is CC(C(CCc1ccccc1)C(=O)O)N(O)C=O. The third-order valence-electron chi connectivity index (χ3n) is 3.01. The lowest BCUT2D eigenvalue weighted by Crippen LogP contribution is -2.39. The molecule has 0 saturated carbocycles. The first-order valence-corrected chi connectivity index (χ1v) is 5.75. The molecule has 0 saturated heterocycles. The molecule has 2 N–H and O–H groups in total. The Kier molecular flexibility index (Phi) is 5.32. The van der Waals surface area contributed by atoms with Crippen LogP contribution in [-0.2, 0) is 16.0 Å². The van der Waals surface area contributed by atoms with Gasteiger partial charge in [0.05, 0.1) is 12.0 Å². The van der Waals surface area contributed by atoms with E-state index in [0.717, 1.165) is 5.56 Å². The van der Waals surface area contributed by atoms with Crippen molar-refractivity contribution in [1.82, 2.24) is 5.06 Å². The molecule has 1 amide bonds. The summed E-state index contributed by atoms with van der Waals surface area (Å²) in [6.45, 7) is 1.51. The molecule has 0 aliphatic heterocycles. The lowest BCUT2D eigenvalue weighted by Gasteiger charge is -2.24. The fraction of sp³-hybridized carbons (Fsp3) is 0.385. The van der Waals surface area contributed by atoms with Crippen LogP contribution in [0.25, 0.3) is 0 Å². The molecule has 0 spiro atoms. The maximum Gasteiger partial charge on any atom is 0.308 e. The zero-order chi connectivity index (χ0) is 13.5. The van der Waals surface area contributed by atoms with Crippen LogP contribution in [0.15, 0.2) is 30.3 Å². The molecule has 0 aliphatic rings. The van der Waals surface area contributed by atoms with Crippen LogP contribution in [0.1, 0.15) is 18.9 Å². The highest BCUT2D eigenvalue weighted by Crippen LogP contribution is 2.16. The summed E-state index contributed by atoms with van der Waals surface area (Å²) in [5, 5.41) is 18.8. The van der Waals surface area contributed by atoms with Crippen LogP contribution >= 0.6 is 0 Å². The normalized spacial score (nSPS) is 13.7. The van der Waals surface area contributed by atoms with Gasteiger partial charge in [-0.3, -0.25) is 14.8 Å². The van der Waals surface area contributed by atoms with Crippen molar-refractivity contribution in [2.24, 2.45) is 5.92 Å². The maximum atomic E-state index is 11.1. The van der Waals surface area contributed by atoms with E-state index in [9.17, 15) is 14.8 Å². The Morgan fingerprint density at radius 1 is 1.39 bits per heavy atom. The summed E-state index contributed by atoms with van der Waals surface area (Å²) in [5.41, 5.74) is 1.03. The van der Waals surface area contributed by atoms with Gasteiger partial charge in [0.1, 0.15) is 0 Å². The molecule has 0 heterocycles. The average molecular weight is 251 g/mol. The molecule has 0 bridgehead atoms. The van der Waals surface area contributed by atoms with Crippen LogP contribution in [0, 0.1) is 5.92 Å². The van der Waals surface area contributed by atoms with Crippen molar-refractivity contribution in [2.45, 2.75) is 25.8 Å². The summed E-state index contributed by atoms with van der Waals surface area (Å²) in [5.74, 6) is -1.81. The first kappa shape index (κ1) is 14.2. The fourth-order valence-electron chi connectivity index (χ4n) is 1.82. The minimum Gasteiger partial charge on any atom is -0.481 e. The van der Waals surface area contributed by atoms with E-state index in [1.165, 1.54) is 6.92 Å². The molecule has 0 aliphatic carbocycles. The van der Waals surface area contributed by atoms with E-state index in [1.807, 2.05) is 30.3 Å². The second-order valence-corrected chi connectivity index (χ2v) is 4.20. The lowest BCUT2D eigenvalue weighted by atomic mass is 9.93. The van der Waals surface area contributed by atoms with E-state index < -0.39 is 17.9 Å². The summed E-state index contributed by atoms with van der Waals surface area (Å²) in [6.07, 6.45) is 1.18. The Labute approximate surface area is 106 Å². The van der Waals surface area contributed by atoms with Crippen LogP contribution in [0.5, 0.6) is 0 Å². The molecule has 98 valence electrons. The molecule has 0 fully saturated rings. The number of amides is 1. The first-order valence-electron chi connectivity index (χ1n) is 5.75. The predicted molar refractivity (Wildman–Crippen MR) is 65.0 cm³/mol. The van der Waals surface area contributed by atoms with Crippen LogP contribution in [-0.4, -0.2) is 33.8 Å². The molecule has 18 heavy (non-hydrogen) atoms. The van der Waals surface area contributed by atoms with E-state index in [0.29, 0.717) is 17.9 Å². The highest BCUT2D eigenvalue weighted by atomic mass is 16.5. The zero-order valence-electron chi connectivity index (χ0n) is 10.2. The molecular formula is C13H17NO4. The van der Waals surface area contributed by atoms with Gasteiger partial charge in [-0.25, -0.2) is 5.06 Å². The Balaban J connectivity index is 2.64. The van der Waals surface area contributed by atoms with E-state index in [1.54, 1.807) is 0 Å². The van der Waals surface area contributed by atoms with E-state index in [-0.39, 0.29) is 6.41 Å². The number of hydroxylamine groups is 2. The van der Waals surface area contributed by atoms with Gasteiger partial charge < -0.3 is 5.11 Å². The highest BCUT2D eigenvalue weighted by Gasteiger charge is 2.28. The monoisotopic (exact) mass is 251 g/mol. The zero-order valence-corrected chi connectivity index (χ0v) is 10.2. The van der Waals surface area contributed by atoms with Crippen LogP contribution in [0.2, 0.25) is 0 Å². The van der Waals surface area contributed by atoms with E-state index >= 15 is 0 Å². The summed E-state index contributed by atoms with van der Waals surface area (Å²) in [7, 11) is 0. The average Bonchev–Trinajstić information content (AvgIpc) is 2.38. The number of nitrogens with zero attached hydrogens (tertiary/aromatic N) is 1. The number of carboxylic acid groups (broad SMARTS) is 1. The van der Waals surface area contributed by atoms with Gasteiger partial charge in [0.25, 0.3) is 0 Å². The summed E-state index contributed by atoms with van der Waals surface area (Å²) >= 11 is 0. The summed E-state index contributed by atoms with van der Waals surface area (Å²) in [4.78, 5) is 21.6. The minimum atomic E-state index is -1.01. The van der Waals surface area contributed by atoms with Gasteiger partial charge in [-0.2, -0.15) is 0 Å². The Bertz CT molecular complexity index is 393. The number of carbonyl (C=O) groups is 2. The molecular weight excluding hydrogens is 234 g/mol. The van der Waals surface area contributed by atoms with E-state index in [4.69, 9.17) is 5.11 Å². The third kappa shape index (κ3) is 3.85. The minimum absolute atomic E-state index is 0.225. The van der Waals surface area contributed by atoms with Crippen LogP contribution in [0.4, 0.5) is 0 Å². The standard InChI is InChI=1S/C13H17NO4/c1-10(14(18)9-15)12(13(16)17)8-7-11-5-3-2-4-6-11/h2-6,9-10,12,18H,7-8H2,1H3,(H,16,17). The van der Waals surface area contributed by atoms with Gasteiger partial charge in [-0.15, -0.1) is 0 Å². The second-order valence-electron chi connectivity index (χ2n) is 4.20. The van der Waals surface area contributed by atoms with Gasteiger partial charge in [-0.1, -0.05) is 30.3 Å². The van der Waals surface area contributed by atoms with Crippen molar-refractivity contribution >= 4 is 12.4 Å². The van der Waals surface area contributed by atoms with E-state index in [2.05, 4.69) is 0 Å². The van der Waals surface area contributed by atoms with Crippen molar-refractivity contribution in [1.29, 1.82) is 0 Å². The maximum absolute atomic E-state index is 11.1. The fourth-order valence-corrected chi connectivity index (χ4v) is 1.82. The number of rotatable bonds is 7. The molecule has 0 aromatic heterocycles. The van der Waals surface area contributed by atoms with Gasteiger partial charge >= 0.3 is 5.97 Å². The number of carboxylic acids is 1. The van der Waals surface area contributed by atoms with Gasteiger partial charge in [0, 0.05) is 0 Å². The number of aliphatic carboxylic acids is 1. The number of aryl methyl sites for hydroxylation is 1. The van der Waals surface area contributed by atoms with Gasteiger partial charge in [-0.05, 0) is 25.3 Å². The van der Waals surface area contributed by atoms with Crippen molar-refractivity contribution in [2.75, 3.05) is 0 Å². The molecule has 5 heteroatoms. The molecule has 2 unspecified atom stereocenters. The summed E-state index contributed by atoms with van der Waals surface area (Å²) in [6, 6.07) is 8.75. The van der Waals surface area contributed by atoms with Crippen LogP contribution < -0.4 is 0 Å². The number of carbonyl (C=O) groups excluding carboxylic acids is 1. The molecule has 0 radical (unpaired) electrons. The lowest BCUT2D eigenvalue weighted by molar-refractivity contribution is -0.170. The molecule has 2 atom stereocenters. The van der Waals surface area contributed by atoms with Crippen molar-refractivity contribution in [3.63, 3.8) is 0 Å². The van der Waals surface area contributed by atoms with Gasteiger partial charge in [0.15, 0.2) is 0 Å². The Hall–Kier alpha value is -1.88.